The highest BCUT2D eigenvalue weighted by molar-refractivity contribution is 7.23. The Kier molecular flexibility index (Phi) is 3.31. The molecule has 2 rings (SSSR count). The van der Waals surface area contributed by atoms with Crippen LogP contribution in [0.1, 0.15) is 19.1 Å². The van der Waals surface area contributed by atoms with Gasteiger partial charge in [-0.2, -0.15) is 4.98 Å². The molecular weight excluding hydrogens is 229 g/mol. The smallest absolute Gasteiger partial charge is 0.351 e. The van der Waals surface area contributed by atoms with Crippen molar-refractivity contribution in [1.29, 1.82) is 0 Å². The molecule has 2 N–H and O–H groups in total. The highest BCUT2D eigenvalue weighted by atomic mass is 31.1. The van der Waals surface area contributed by atoms with Crippen LogP contribution in [0.15, 0.2) is 17.1 Å². The second kappa shape index (κ2) is 4.72. The van der Waals surface area contributed by atoms with Gasteiger partial charge in [-0.3, -0.25) is 9.13 Å². The van der Waals surface area contributed by atoms with E-state index in [2.05, 4.69) is 4.98 Å². The van der Waals surface area contributed by atoms with Gasteiger partial charge < -0.3 is 10.5 Å². The molecule has 0 spiro atoms. The fourth-order valence-electron chi connectivity index (χ4n) is 1.75. The summed E-state index contributed by atoms with van der Waals surface area (Å²) in [6, 6.07) is 1.56. The zero-order valence-corrected chi connectivity index (χ0v) is 9.47. The Morgan fingerprint density at radius 3 is 3.12 bits per heavy atom. The third-order valence-electron chi connectivity index (χ3n) is 2.53. The van der Waals surface area contributed by atoms with Crippen LogP contribution in [0.2, 0.25) is 0 Å². The summed E-state index contributed by atoms with van der Waals surface area (Å²) >= 11 is 0. The molecule has 0 aliphatic carbocycles. The second-order valence-corrected chi connectivity index (χ2v) is 4.27. The van der Waals surface area contributed by atoms with Crippen LogP contribution in [-0.2, 0) is 9.30 Å². The van der Waals surface area contributed by atoms with Gasteiger partial charge in [-0.05, 0) is 18.9 Å². The SMILES string of the molecule is Nc1ccn([C@H]2CC[C@@H](CP=O)O2)c(=O)n1. The molecule has 7 heteroatoms. The minimum absolute atomic E-state index is 0.0476. The van der Waals surface area contributed by atoms with Gasteiger partial charge >= 0.3 is 5.69 Å². The maximum absolute atomic E-state index is 11.5. The number of hydrogen-bond donors (Lipinski definition) is 1. The fourth-order valence-corrected chi connectivity index (χ4v) is 2.19. The van der Waals surface area contributed by atoms with Crippen LogP contribution in [0, 0.1) is 0 Å². The number of nitrogens with two attached hydrogens (primary N) is 1. The Balaban J connectivity index is 2.14. The molecule has 0 amide bonds. The molecule has 6 nitrogen and oxygen atoms in total. The number of ether oxygens (including phenoxy) is 1. The zero-order chi connectivity index (χ0) is 11.5. The number of nitrogens with zero attached hydrogens (tertiary/aromatic N) is 2. The first-order chi connectivity index (χ1) is 7.70. The second-order valence-electron chi connectivity index (χ2n) is 3.64. The van der Waals surface area contributed by atoms with E-state index in [1.165, 1.54) is 4.57 Å². The number of hydrogen-bond acceptors (Lipinski definition) is 5. The average Bonchev–Trinajstić information content (AvgIpc) is 2.67. The van der Waals surface area contributed by atoms with Crippen molar-refractivity contribution in [2.24, 2.45) is 0 Å². The lowest BCUT2D eigenvalue weighted by molar-refractivity contribution is 0.00977. The lowest BCUT2D eigenvalue weighted by Gasteiger charge is -2.14. The van der Waals surface area contributed by atoms with Crippen LogP contribution in [0.3, 0.4) is 0 Å². The molecule has 1 saturated heterocycles. The quantitative estimate of drug-likeness (QED) is 0.790. The predicted octanol–water partition coefficient (Wildman–Crippen LogP) is 0.795. The molecule has 2 atom stereocenters. The molecule has 1 aliphatic heterocycles. The molecule has 1 aliphatic rings. The van der Waals surface area contributed by atoms with Gasteiger partial charge in [0.25, 0.3) is 0 Å². The molecular formula is C9H12N3O3P. The molecule has 16 heavy (non-hydrogen) atoms. The van der Waals surface area contributed by atoms with E-state index in [4.69, 9.17) is 10.5 Å². The van der Waals surface area contributed by atoms with Crippen molar-refractivity contribution < 1.29 is 9.30 Å². The Bertz CT molecular complexity index is 448. The van der Waals surface area contributed by atoms with Gasteiger partial charge in [0.2, 0.25) is 0 Å². The van der Waals surface area contributed by atoms with Crippen molar-refractivity contribution in [3.8, 4) is 0 Å². The molecule has 2 heterocycles. The molecule has 0 saturated carbocycles. The van der Waals surface area contributed by atoms with Crippen LogP contribution in [0.25, 0.3) is 0 Å². The third kappa shape index (κ3) is 2.28. The van der Waals surface area contributed by atoms with E-state index in [9.17, 15) is 9.36 Å². The standard InChI is InChI=1S/C9H12N3O3P/c10-7-3-4-12(9(13)11-7)8-2-1-6(15-8)5-16-14/h3-4,6,8H,1-2,5H2,(H2,10,11,13)/t6-,8+/m0/s1. The van der Waals surface area contributed by atoms with Crippen molar-refractivity contribution in [3.05, 3.63) is 22.7 Å². The maximum atomic E-state index is 11.5. The van der Waals surface area contributed by atoms with E-state index in [0.717, 1.165) is 12.8 Å². The Morgan fingerprint density at radius 1 is 1.62 bits per heavy atom. The van der Waals surface area contributed by atoms with Crippen LogP contribution >= 0.6 is 8.46 Å². The van der Waals surface area contributed by atoms with Gasteiger partial charge in [-0.25, -0.2) is 4.79 Å². The van der Waals surface area contributed by atoms with E-state index in [1.54, 1.807) is 12.3 Å². The van der Waals surface area contributed by atoms with Crippen molar-refractivity contribution >= 4 is 14.3 Å². The van der Waals surface area contributed by atoms with E-state index in [0.29, 0.717) is 6.16 Å². The summed E-state index contributed by atoms with van der Waals surface area (Å²) in [5.74, 6) is 0.203. The van der Waals surface area contributed by atoms with Gasteiger partial charge in [0.05, 0.1) is 12.3 Å². The van der Waals surface area contributed by atoms with Crippen molar-refractivity contribution in [1.82, 2.24) is 9.55 Å². The minimum atomic E-state index is -0.412. The molecule has 1 aromatic heterocycles. The van der Waals surface area contributed by atoms with Crippen molar-refractivity contribution in [3.63, 3.8) is 0 Å². The molecule has 0 radical (unpaired) electrons. The van der Waals surface area contributed by atoms with Gasteiger partial charge in [-0.15, -0.1) is 0 Å². The van der Waals surface area contributed by atoms with Gasteiger partial charge in [-0.1, -0.05) is 0 Å². The Labute approximate surface area is 93.6 Å². The summed E-state index contributed by atoms with van der Waals surface area (Å²) < 4.78 is 17.4. The van der Waals surface area contributed by atoms with Crippen LogP contribution in [-0.4, -0.2) is 21.8 Å². The van der Waals surface area contributed by atoms with Gasteiger partial charge in [0.15, 0.2) is 8.46 Å². The van der Waals surface area contributed by atoms with E-state index in [-0.39, 0.29) is 26.6 Å². The maximum Gasteiger partial charge on any atom is 0.351 e. The molecule has 0 unspecified atom stereocenters. The molecule has 1 aromatic rings. The first-order valence-electron chi connectivity index (χ1n) is 5.00. The summed E-state index contributed by atoms with van der Waals surface area (Å²) in [5, 5.41) is 0. The molecule has 0 aromatic carbocycles. The molecule has 0 bridgehead atoms. The van der Waals surface area contributed by atoms with E-state index in [1.807, 2.05) is 0 Å². The number of aromatic nitrogens is 2. The average molecular weight is 241 g/mol. The number of anilines is 1. The van der Waals surface area contributed by atoms with Crippen LogP contribution in [0.4, 0.5) is 5.82 Å². The number of rotatable bonds is 3. The third-order valence-corrected chi connectivity index (χ3v) is 3.08. The highest BCUT2D eigenvalue weighted by Gasteiger charge is 2.27. The normalized spacial score (nSPS) is 25.0. The predicted molar refractivity (Wildman–Crippen MR) is 58.5 cm³/mol. The fraction of sp³-hybridized carbons (Fsp3) is 0.556. The van der Waals surface area contributed by atoms with Crippen LogP contribution in [0.5, 0.6) is 0 Å². The molecule has 86 valence electrons. The van der Waals surface area contributed by atoms with E-state index >= 15 is 0 Å². The number of nitrogen functional groups attached to an aromatic ring is 1. The lowest BCUT2D eigenvalue weighted by atomic mass is 10.2. The molecule has 1 fully saturated rings. The van der Waals surface area contributed by atoms with Crippen molar-refractivity contribution in [2.45, 2.75) is 25.2 Å². The van der Waals surface area contributed by atoms with Crippen molar-refractivity contribution in [2.75, 3.05) is 11.9 Å². The summed E-state index contributed by atoms with van der Waals surface area (Å²) in [6.45, 7) is 0. The van der Waals surface area contributed by atoms with E-state index < -0.39 is 5.69 Å². The summed E-state index contributed by atoms with van der Waals surface area (Å²) in [7, 11) is 0.0705. The zero-order valence-electron chi connectivity index (χ0n) is 8.57. The highest BCUT2D eigenvalue weighted by Crippen LogP contribution is 2.28. The first-order valence-corrected chi connectivity index (χ1v) is 5.99. The van der Waals surface area contributed by atoms with Gasteiger partial charge in [0, 0.05) is 6.20 Å². The minimum Gasteiger partial charge on any atom is -0.383 e. The lowest BCUT2D eigenvalue weighted by Crippen LogP contribution is -2.27. The summed E-state index contributed by atoms with van der Waals surface area (Å²) in [4.78, 5) is 15.2. The topological polar surface area (TPSA) is 87.2 Å². The van der Waals surface area contributed by atoms with Crippen LogP contribution < -0.4 is 11.4 Å². The largest absolute Gasteiger partial charge is 0.383 e. The summed E-state index contributed by atoms with van der Waals surface area (Å²) in [5.41, 5.74) is 4.98. The monoisotopic (exact) mass is 241 g/mol. The van der Waals surface area contributed by atoms with Gasteiger partial charge in [0.1, 0.15) is 12.0 Å². The Hall–Kier alpha value is -1.26. The summed E-state index contributed by atoms with van der Waals surface area (Å²) in [6.07, 6.45) is 3.21. The first kappa shape index (κ1) is 11.2. The Morgan fingerprint density at radius 2 is 2.44 bits per heavy atom.